The van der Waals surface area contributed by atoms with Crippen molar-refractivity contribution in [3.05, 3.63) is 29.3 Å². The predicted octanol–water partition coefficient (Wildman–Crippen LogP) is 2.06. The number of anilines is 1. The number of aliphatic carboxylic acids is 1. The maximum Gasteiger partial charge on any atom is 0.326 e. The Kier molecular flexibility index (Phi) is 5.60. The van der Waals surface area contributed by atoms with Crippen molar-refractivity contribution in [2.75, 3.05) is 11.4 Å². The molecular weight excluding hydrogens is 320 g/mol. The molecular formula is C16H19ClN2O4. The molecule has 2 amide bonds. The second-order valence-corrected chi connectivity index (χ2v) is 5.94. The average molecular weight is 339 g/mol. The van der Waals surface area contributed by atoms with Crippen LogP contribution in [0.2, 0.25) is 5.02 Å². The van der Waals surface area contributed by atoms with Crippen LogP contribution in [0.3, 0.4) is 0 Å². The Morgan fingerprint density at radius 3 is 2.83 bits per heavy atom. The van der Waals surface area contributed by atoms with E-state index < -0.39 is 23.8 Å². The van der Waals surface area contributed by atoms with Gasteiger partial charge in [-0.2, -0.15) is 0 Å². The van der Waals surface area contributed by atoms with Gasteiger partial charge in [-0.05, 0) is 31.0 Å². The lowest BCUT2D eigenvalue weighted by Crippen LogP contribution is -2.45. The number of hydrogen-bond acceptors (Lipinski definition) is 3. The molecule has 0 saturated carbocycles. The highest BCUT2D eigenvalue weighted by atomic mass is 35.5. The van der Waals surface area contributed by atoms with E-state index in [2.05, 4.69) is 5.32 Å². The molecule has 1 aliphatic rings. The first-order valence-corrected chi connectivity index (χ1v) is 7.92. The van der Waals surface area contributed by atoms with E-state index >= 15 is 0 Å². The van der Waals surface area contributed by atoms with Gasteiger partial charge in [-0.15, -0.1) is 0 Å². The van der Waals surface area contributed by atoms with Gasteiger partial charge in [-0.3, -0.25) is 9.59 Å². The SMILES string of the molecule is CCCC(NC(=O)C1CCN(c2cccc(Cl)c2)C1=O)C(=O)O. The fraction of sp³-hybridized carbons (Fsp3) is 0.438. The number of carboxylic acid groups (broad SMARTS) is 1. The number of nitrogens with one attached hydrogen (secondary N) is 1. The molecule has 0 bridgehead atoms. The summed E-state index contributed by atoms with van der Waals surface area (Å²) in [7, 11) is 0. The maximum atomic E-state index is 12.4. The number of carbonyl (C=O) groups excluding carboxylic acids is 2. The van der Waals surface area contributed by atoms with Crippen molar-refractivity contribution in [2.24, 2.45) is 5.92 Å². The lowest BCUT2D eigenvalue weighted by molar-refractivity contribution is -0.143. The molecule has 1 saturated heterocycles. The Balaban J connectivity index is 2.06. The summed E-state index contributed by atoms with van der Waals surface area (Å²) >= 11 is 5.93. The van der Waals surface area contributed by atoms with E-state index in [1.165, 1.54) is 4.90 Å². The molecule has 6 nitrogen and oxygen atoms in total. The quantitative estimate of drug-likeness (QED) is 0.777. The lowest BCUT2D eigenvalue weighted by atomic mass is 10.1. The number of nitrogens with zero attached hydrogens (tertiary/aromatic N) is 1. The van der Waals surface area contributed by atoms with Crippen molar-refractivity contribution >= 4 is 35.1 Å². The molecule has 1 aliphatic heterocycles. The van der Waals surface area contributed by atoms with Gasteiger partial charge in [0.05, 0.1) is 0 Å². The number of amides is 2. The molecule has 1 aromatic carbocycles. The molecule has 2 atom stereocenters. The standard InChI is InChI=1S/C16H19ClN2O4/c1-2-4-13(16(22)23)18-14(20)12-7-8-19(15(12)21)11-6-3-5-10(17)9-11/h3,5-6,9,12-13H,2,4,7-8H2,1H3,(H,18,20)(H,22,23). The van der Waals surface area contributed by atoms with Crippen LogP contribution in [0.25, 0.3) is 0 Å². The van der Waals surface area contributed by atoms with Crippen molar-refractivity contribution in [3.63, 3.8) is 0 Å². The van der Waals surface area contributed by atoms with Crippen LogP contribution in [0.4, 0.5) is 5.69 Å². The van der Waals surface area contributed by atoms with Gasteiger partial charge >= 0.3 is 5.97 Å². The fourth-order valence-electron chi connectivity index (χ4n) is 2.64. The maximum absolute atomic E-state index is 12.4. The number of hydrogen-bond donors (Lipinski definition) is 2. The van der Waals surface area contributed by atoms with E-state index in [4.69, 9.17) is 16.7 Å². The second kappa shape index (κ2) is 7.46. The van der Waals surface area contributed by atoms with E-state index in [1.54, 1.807) is 24.3 Å². The molecule has 1 heterocycles. The Morgan fingerprint density at radius 1 is 1.48 bits per heavy atom. The molecule has 2 N–H and O–H groups in total. The third-order valence-electron chi connectivity index (χ3n) is 3.83. The third-order valence-corrected chi connectivity index (χ3v) is 4.07. The minimum absolute atomic E-state index is 0.328. The molecule has 1 aromatic rings. The fourth-order valence-corrected chi connectivity index (χ4v) is 2.83. The number of carbonyl (C=O) groups is 3. The smallest absolute Gasteiger partial charge is 0.326 e. The highest BCUT2D eigenvalue weighted by Gasteiger charge is 2.38. The first-order chi connectivity index (χ1) is 10.9. The Bertz CT molecular complexity index is 620. The van der Waals surface area contributed by atoms with Crippen LogP contribution in [0.5, 0.6) is 0 Å². The zero-order valence-electron chi connectivity index (χ0n) is 12.8. The molecule has 2 unspecified atom stereocenters. The van der Waals surface area contributed by atoms with Crippen molar-refractivity contribution in [1.29, 1.82) is 0 Å². The molecule has 0 spiro atoms. The summed E-state index contributed by atoms with van der Waals surface area (Å²) in [5.41, 5.74) is 0.640. The molecule has 0 radical (unpaired) electrons. The zero-order chi connectivity index (χ0) is 17.0. The molecule has 0 aliphatic carbocycles. The second-order valence-electron chi connectivity index (χ2n) is 5.50. The molecule has 7 heteroatoms. The summed E-state index contributed by atoms with van der Waals surface area (Å²) < 4.78 is 0. The molecule has 23 heavy (non-hydrogen) atoms. The number of carboxylic acids is 1. The topological polar surface area (TPSA) is 86.7 Å². The van der Waals surface area contributed by atoms with Crippen LogP contribution >= 0.6 is 11.6 Å². The normalized spacial score (nSPS) is 18.8. The first kappa shape index (κ1) is 17.3. The lowest BCUT2D eigenvalue weighted by Gasteiger charge is -2.18. The summed E-state index contributed by atoms with van der Waals surface area (Å²) in [4.78, 5) is 37.3. The Labute approximate surface area is 139 Å². The van der Waals surface area contributed by atoms with E-state index in [1.807, 2.05) is 6.92 Å². The van der Waals surface area contributed by atoms with E-state index in [9.17, 15) is 14.4 Å². The van der Waals surface area contributed by atoms with E-state index in [-0.39, 0.29) is 5.91 Å². The van der Waals surface area contributed by atoms with Gasteiger partial charge in [0.2, 0.25) is 11.8 Å². The van der Waals surface area contributed by atoms with Gasteiger partial charge in [-0.25, -0.2) is 4.79 Å². The third kappa shape index (κ3) is 4.01. The number of halogens is 1. The zero-order valence-corrected chi connectivity index (χ0v) is 13.5. The summed E-state index contributed by atoms with van der Waals surface area (Å²) in [6.45, 7) is 2.24. The predicted molar refractivity (Wildman–Crippen MR) is 86.4 cm³/mol. The van der Waals surface area contributed by atoms with Crippen molar-refractivity contribution in [3.8, 4) is 0 Å². The minimum Gasteiger partial charge on any atom is -0.480 e. The highest BCUT2D eigenvalue weighted by molar-refractivity contribution is 6.31. The van der Waals surface area contributed by atoms with Gasteiger partial charge in [0, 0.05) is 17.3 Å². The number of benzene rings is 1. The van der Waals surface area contributed by atoms with Crippen LogP contribution in [0.15, 0.2) is 24.3 Å². The van der Waals surface area contributed by atoms with Crippen molar-refractivity contribution < 1.29 is 19.5 Å². The highest BCUT2D eigenvalue weighted by Crippen LogP contribution is 2.27. The largest absolute Gasteiger partial charge is 0.480 e. The number of rotatable bonds is 6. The Hall–Kier alpha value is -2.08. The van der Waals surface area contributed by atoms with Gasteiger partial charge in [0.25, 0.3) is 0 Å². The van der Waals surface area contributed by atoms with Gasteiger partial charge in [-0.1, -0.05) is 31.0 Å². The summed E-state index contributed by atoms with van der Waals surface area (Å²) in [5, 5.41) is 12.1. The van der Waals surface area contributed by atoms with Crippen LogP contribution in [-0.2, 0) is 14.4 Å². The molecule has 0 aromatic heterocycles. The van der Waals surface area contributed by atoms with Gasteiger partial charge < -0.3 is 15.3 Å². The summed E-state index contributed by atoms with van der Waals surface area (Å²) in [6, 6.07) is 5.90. The van der Waals surface area contributed by atoms with Crippen LogP contribution in [-0.4, -0.2) is 35.5 Å². The van der Waals surface area contributed by atoms with Crippen LogP contribution < -0.4 is 10.2 Å². The monoisotopic (exact) mass is 338 g/mol. The van der Waals surface area contributed by atoms with Gasteiger partial charge in [0.15, 0.2) is 0 Å². The Morgan fingerprint density at radius 2 is 2.22 bits per heavy atom. The minimum atomic E-state index is -1.09. The first-order valence-electron chi connectivity index (χ1n) is 7.54. The van der Waals surface area contributed by atoms with E-state index in [0.29, 0.717) is 36.5 Å². The van der Waals surface area contributed by atoms with Crippen molar-refractivity contribution in [1.82, 2.24) is 5.32 Å². The van der Waals surface area contributed by atoms with Crippen molar-refractivity contribution in [2.45, 2.75) is 32.2 Å². The average Bonchev–Trinajstić information content (AvgIpc) is 2.88. The molecule has 1 fully saturated rings. The molecule has 2 rings (SSSR count). The van der Waals surface area contributed by atoms with E-state index in [0.717, 1.165) is 0 Å². The van der Waals surface area contributed by atoms with Crippen LogP contribution in [0, 0.1) is 5.92 Å². The summed E-state index contributed by atoms with van der Waals surface area (Å²) in [6.07, 6.45) is 1.32. The van der Waals surface area contributed by atoms with Gasteiger partial charge in [0.1, 0.15) is 12.0 Å². The van der Waals surface area contributed by atoms with Crippen LogP contribution in [0.1, 0.15) is 26.2 Å². The molecule has 124 valence electrons. The summed E-state index contributed by atoms with van der Waals surface area (Å²) in [5.74, 6) is -2.80.